The van der Waals surface area contributed by atoms with Crippen LogP contribution in [0.4, 0.5) is 5.82 Å². The number of amides is 1. The summed E-state index contributed by atoms with van der Waals surface area (Å²) in [7, 11) is 0. The van der Waals surface area contributed by atoms with Gasteiger partial charge >= 0.3 is 0 Å². The molecule has 0 saturated heterocycles. The second-order valence-electron chi connectivity index (χ2n) is 7.09. The predicted octanol–water partition coefficient (Wildman–Crippen LogP) is 4.99. The lowest BCUT2D eigenvalue weighted by molar-refractivity contribution is 0.102. The van der Waals surface area contributed by atoms with Crippen LogP contribution in [0.3, 0.4) is 0 Å². The zero-order chi connectivity index (χ0) is 21.5. The van der Waals surface area contributed by atoms with Crippen molar-refractivity contribution < 1.29 is 4.79 Å². The number of nitriles is 1. The lowest BCUT2D eigenvalue weighted by Crippen LogP contribution is -2.17. The molecule has 2 aromatic carbocycles. The maximum Gasteiger partial charge on any atom is 0.273 e. The largest absolute Gasteiger partial charge is 0.349 e. The van der Waals surface area contributed by atoms with Gasteiger partial charge in [0.1, 0.15) is 17.3 Å². The average molecular weight is 427 g/mol. The number of hydrogen-bond donors (Lipinski definition) is 2. The molecule has 0 unspecified atom stereocenters. The molecule has 3 heterocycles. The van der Waals surface area contributed by atoms with Crippen LogP contribution < -0.4 is 5.32 Å². The highest BCUT2D eigenvalue weighted by Gasteiger charge is 2.19. The van der Waals surface area contributed by atoms with Crippen LogP contribution in [0, 0.1) is 18.3 Å². The summed E-state index contributed by atoms with van der Waals surface area (Å²) in [5, 5.41) is 19.0. The number of H-pyrrole nitrogens is 1. The number of pyridine rings is 1. The number of para-hydroxylation sites is 2. The van der Waals surface area contributed by atoms with Crippen LogP contribution in [-0.2, 0) is 0 Å². The number of aryl methyl sites for hydroxylation is 1. The Balaban J connectivity index is 1.57. The van der Waals surface area contributed by atoms with Gasteiger partial charge < -0.3 is 10.3 Å². The molecule has 0 aliphatic carbocycles. The van der Waals surface area contributed by atoms with E-state index in [2.05, 4.69) is 26.5 Å². The Kier molecular flexibility index (Phi) is 4.42. The van der Waals surface area contributed by atoms with Gasteiger partial charge in [-0.15, -0.1) is 0 Å². The summed E-state index contributed by atoms with van der Waals surface area (Å²) in [6, 6.07) is 18.8. The first-order valence-electron chi connectivity index (χ1n) is 9.48. The quantitative estimate of drug-likeness (QED) is 0.424. The number of anilines is 1. The fourth-order valence-electron chi connectivity index (χ4n) is 3.58. The Morgan fingerprint density at radius 3 is 2.84 bits per heavy atom. The molecule has 7 nitrogen and oxygen atoms in total. The van der Waals surface area contributed by atoms with Crippen LogP contribution in [0.25, 0.3) is 27.6 Å². The highest BCUT2D eigenvalue weighted by molar-refractivity contribution is 6.35. The Labute approximate surface area is 181 Å². The molecule has 1 amide bonds. The first kappa shape index (κ1) is 18.9. The first-order valence-corrected chi connectivity index (χ1v) is 9.86. The molecular weight excluding hydrogens is 412 g/mol. The van der Waals surface area contributed by atoms with E-state index in [9.17, 15) is 10.1 Å². The topological polar surface area (TPSA) is 99.4 Å². The van der Waals surface area contributed by atoms with Crippen molar-refractivity contribution in [2.75, 3.05) is 5.32 Å². The summed E-state index contributed by atoms with van der Waals surface area (Å²) in [6.45, 7) is 1.98. The molecule has 8 heteroatoms. The number of aromatic amines is 1. The van der Waals surface area contributed by atoms with Gasteiger partial charge in [-0.25, -0.2) is 4.98 Å². The molecule has 31 heavy (non-hydrogen) atoms. The summed E-state index contributed by atoms with van der Waals surface area (Å²) >= 11 is 6.20. The highest BCUT2D eigenvalue weighted by atomic mass is 35.5. The Morgan fingerprint density at radius 2 is 2.03 bits per heavy atom. The number of hydrogen-bond acceptors (Lipinski definition) is 4. The second-order valence-corrected chi connectivity index (χ2v) is 7.49. The molecule has 0 fully saturated rings. The molecular formula is C23H15ClN6O. The summed E-state index contributed by atoms with van der Waals surface area (Å²) in [5.41, 5.74) is 3.04. The molecule has 0 saturated carbocycles. The van der Waals surface area contributed by atoms with E-state index < -0.39 is 5.91 Å². The zero-order valence-corrected chi connectivity index (χ0v) is 17.1. The molecule has 150 valence electrons. The van der Waals surface area contributed by atoms with Crippen LogP contribution in [0.1, 0.15) is 21.6 Å². The minimum Gasteiger partial charge on any atom is -0.349 e. The molecule has 0 spiro atoms. The fraction of sp³-hybridized carbons (Fsp3) is 0.0435. The molecule has 0 radical (unpaired) electrons. The SMILES string of the molecule is Cc1cc(-n2ncc(C#N)c2NC(=O)c2cc3cccc(Cl)c3[nH]2)nc2ccccc12. The smallest absolute Gasteiger partial charge is 0.273 e. The monoisotopic (exact) mass is 426 g/mol. The summed E-state index contributed by atoms with van der Waals surface area (Å²) in [5.74, 6) is 0.343. The standard InChI is InChI=1S/C23H15ClN6O/c1-13-9-20(27-18-8-3-2-6-16(13)18)30-22(15(11-25)12-26-30)29-23(31)19-10-14-5-4-7-17(24)21(14)28-19/h2-10,12,28H,1H3,(H,29,31). The number of nitrogens with zero attached hydrogens (tertiary/aromatic N) is 4. The fourth-order valence-corrected chi connectivity index (χ4v) is 3.81. The van der Waals surface area contributed by atoms with Crippen LogP contribution in [0.2, 0.25) is 5.02 Å². The van der Waals surface area contributed by atoms with E-state index in [1.165, 1.54) is 10.9 Å². The van der Waals surface area contributed by atoms with Gasteiger partial charge in [-0.3, -0.25) is 4.79 Å². The second kappa shape index (κ2) is 7.27. The Morgan fingerprint density at radius 1 is 1.19 bits per heavy atom. The number of aromatic nitrogens is 4. The third-order valence-corrected chi connectivity index (χ3v) is 5.41. The van der Waals surface area contributed by atoms with Crippen molar-refractivity contribution in [1.82, 2.24) is 19.7 Å². The van der Waals surface area contributed by atoms with Gasteiger partial charge in [0.25, 0.3) is 5.91 Å². The molecule has 5 aromatic rings. The van der Waals surface area contributed by atoms with Crippen LogP contribution in [-0.4, -0.2) is 25.7 Å². The number of halogens is 1. The van der Waals surface area contributed by atoms with Crippen molar-refractivity contribution in [2.24, 2.45) is 0 Å². The van der Waals surface area contributed by atoms with E-state index in [-0.39, 0.29) is 11.4 Å². The number of benzene rings is 2. The number of rotatable bonds is 3. The Hall–Kier alpha value is -4.15. The molecule has 0 atom stereocenters. The van der Waals surface area contributed by atoms with Crippen molar-refractivity contribution in [1.29, 1.82) is 5.26 Å². The zero-order valence-electron chi connectivity index (χ0n) is 16.3. The minimum atomic E-state index is -0.414. The maximum atomic E-state index is 13.0. The molecule has 2 N–H and O–H groups in total. The predicted molar refractivity (Wildman–Crippen MR) is 120 cm³/mol. The molecule has 5 rings (SSSR count). The van der Waals surface area contributed by atoms with Gasteiger partial charge in [0.05, 0.1) is 22.3 Å². The minimum absolute atomic E-state index is 0.232. The lowest BCUT2D eigenvalue weighted by atomic mass is 10.1. The highest BCUT2D eigenvalue weighted by Crippen LogP contribution is 2.26. The number of carbonyl (C=O) groups excluding carboxylic acids is 1. The van der Waals surface area contributed by atoms with E-state index in [1.807, 2.05) is 49.4 Å². The van der Waals surface area contributed by atoms with Gasteiger partial charge in [-0.2, -0.15) is 15.0 Å². The van der Waals surface area contributed by atoms with Crippen molar-refractivity contribution in [3.63, 3.8) is 0 Å². The van der Waals surface area contributed by atoms with Crippen LogP contribution >= 0.6 is 11.6 Å². The lowest BCUT2D eigenvalue weighted by Gasteiger charge is -2.10. The molecule has 0 aliphatic heterocycles. The third-order valence-electron chi connectivity index (χ3n) is 5.10. The first-order chi connectivity index (χ1) is 15.0. The Bertz CT molecular complexity index is 1520. The third kappa shape index (κ3) is 3.19. The van der Waals surface area contributed by atoms with E-state index in [1.54, 1.807) is 12.1 Å². The number of carbonyl (C=O) groups is 1. The molecule has 3 aromatic heterocycles. The van der Waals surface area contributed by atoms with E-state index in [0.29, 0.717) is 22.1 Å². The number of fused-ring (bicyclic) bond motifs is 2. The van der Waals surface area contributed by atoms with Gasteiger partial charge in [0.2, 0.25) is 0 Å². The van der Waals surface area contributed by atoms with Gasteiger partial charge in [0, 0.05) is 10.8 Å². The van der Waals surface area contributed by atoms with Crippen molar-refractivity contribution in [3.05, 3.63) is 82.6 Å². The normalized spacial score (nSPS) is 11.0. The maximum absolute atomic E-state index is 13.0. The van der Waals surface area contributed by atoms with Gasteiger partial charge in [-0.05, 0) is 36.8 Å². The van der Waals surface area contributed by atoms with Crippen LogP contribution in [0.15, 0.2) is 60.8 Å². The van der Waals surface area contributed by atoms with E-state index in [0.717, 1.165) is 21.9 Å². The molecule has 0 bridgehead atoms. The van der Waals surface area contributed by atoms with E-state index >= 15 is 0 Å². The van der Waals surface area contributed by atoms with Crippen molar-refractivity contribution >= 4 is 45.1 Å². The summed E-state index contributed by atoms with van der Waals surface area (Å²) < 4.78 is 1.46. The number of nitrogens with one attached hydrogen (secondary N) is 2. The van der Waals surface area contributed by atoms with Crippen LogP contribution in [0.5, 0.6) is 0 Å². The molecule has 0 aliphatic rings. The summed E-state index contributed by atoms with van der Waals surface area (Å²) in [6.07, 6.45) is 1.41. The van der Waals surface area contributed by atoms with Crippen molar-refractivity contribution in [3.8, 4) is 11.9 Å². The average Bonchev–Trinajstić information content (AvgIpc) is 3.39. The van der Waals surface area contributed by atoms with Crippen molar-refractivity contribution in [2.45, 2.75) is 6.92 Å². The van der Waals surface area contributed by atoms with Gasteiger partial charge in [-0.1, -0.05) is 41.9 Å². The van der Waals surface area contributed by atoms with E-state index in [4.69, 9.17) is 11.6 Å². The summed E-state index contributed by atoms with van der Waals surface area (Å²) in [4.78, 5) is 20.7. The van der Waals surface area contributed by atoms with Gasteiger partial charge in [0.15, 0.2) is 11.6 Å².